The number of alkyl halides is 1. The number of hydrogen-bond donors (Lipinski definition) is 0. The molecule has 1 saturated heterocycles. The van der Waals surface area contributed by atoms with Gasteiger partial charge in [-0.25, -0.2) is 0 Å². The third-order valence-electron chi connectivity index (χ3n) is 3.26. The van der Waals surface area contributed by atoms with Crippen LogP contribution < -0.4 is 0 Å². The van der Waals surface area contributed by atoms with E-state index in [0.29, 0.717) is 11.8 Å². The summed E-state index contributed by atoms with van der Waals surface area (Å²) < 4.78 is 0. The van der Waals surface area contributed by atoms with Crippen LogP contribution in [0.2, 0.25) is 0 Å². The minimum absolute atomic E-state index is 0.175. The lowest BCUT2D eigenvalue weighted by Crippen LogP contribution is -2.45. The normalized spacial score (nSPS) is 28.9. The van der Waals surface area contributed by atoms with Gasteiger partial charge in [0.25, 0.3) is 0 Å². The predicted octanol–water partition coefficient (Wildman–Crippen LogP) is 2.90. The average Bonchev–Trinajstić information content (AvgIpc) is 2.21. The Morgan fingerprint density at radius 2 is 2.27 bits per heavy atom. The van der Waals surface area contributed by atoms with E-state index in [1.54, 1.807) is 0 Å². The molecule has 3 unspecified atom stereocenters. The van der Waals surface area contributed by atoms with Crippen LogP contribution in [0.15, 0.2) is 0 Å². The van der Waals surface area contributed by atoms with Crippen LogP contribution in [0.4, 0.5) is 0 Å². The van der Waals surface area contributed by atoms with E-state index in [4.69, 9.17) is 11.6 Å². The number of likely N-dealkylation sites (tertiary alicyclic amines) is 1. The van der Waals surface area contributed by atoms with Crippen LogP contribution in [-0.2, 0) is 4.79 Å². The summed E-state index contributed by atoms with van der Waals surface area (Å²) >= 11 is 6.14. The van der Waals surface area contributed by atoms with Crippen molar-refractivity contribution >= 4 is 17.5 Å². The van der Waals surface area contributed by atoms with Gasteiger partial charge in [-0.05, 0) is 18.8 Å². The summed E-state index contributed by atoms with van der Waals surface area (Å²) in [6, 6.07) is 0. The van der Waals surface area contributed by atoms with E-state index < -0.39 is 0 Å². The first kappa shape index (κ1) is 12.8. The molecule has 0 N–H and O–H groups in total. The highest BCUT2D eigenvalue weighted by Gasteiger charge is 2.28. The van der Waals surface area contributed by atoms with E-state index in [0.717, 1.165) is 32.4 Å². The fourth-order valence-corrected chi connectivity index (χ4v) is 2.36. The molecule has 0 aromatic heterocycles. The molecule has 1 rings (SSSR count). The Hall–Kier alpha value is -0.240. The Labute approximate surface area is 98.0 Å². The van der Waals surface area contributed by atoms with Gasteiger partial charge in [-0.3, -0.25) is 4.79 Å². The molecule has 1 fully saturated rings. The molecule has 0 saturated carbocycles. The number of rotatable bonds is 3. The Morgan fingerprint density at radius 3 is 2.80 bits per heavy atom. The van der Waals surface area contributed by atoms with Crippen LogP contribution in [0, 0.1) is 11.8 Å². The van der Waals surface area contributed by atoms with E-state index >= 15 is 0 Å². The van der Waals surface area contributed by atoms with Gasteiger partial charge >= 0.3 is 0 Å². The second-order valence-corrected chi connectivity index (χ2v) is 5.32. The summed E-state index contributed by atoms with van der Waals surface area (Å²) in [6.07, 6.45) is 3.01. The molecule has 0 bridgehead atoms. The molecular formula is C12H22ClNO. The first-order chi connectivity index (χ1) is 7.06. The maximum absolute atomic E-state index is 12.0. The second-order valence-electron chi connectivity index (χ2n) is 4.76. The zero-order valence-corrected chi connectivity index (χ0v) is 10.8. The molecule has 88 valence electrons. The number of piperidine rings is 1. The molecule has 0 aliphatic carbocycles. The van der Waals surface area contributed by atoms with Crippen LogP contribution >= 0.6 is 11.6 Å². The van der Waals surface area contributed by atoms with E-state index in [9.17, 15) is 4.79 Å². The summed E-state index contributed by atoms with van der Waals surface area (Å²) in [6.45, 7) is 7.95. The largest absolute Gasteiger partial charge is 0.342 e. The van der Waals surface area contributed by atoms with Crippen molar-refractivity contribution in [3.8, 4) is 0 Å². The second kappa shape index (κ2) is 5.74. The first-order valence-electron chi connectivity index (χ1n) is 5.99. The number of carbonyl (C=O) groups is 1. The molecular weight excluding hydrogens is 210 g/mol. The van der Waals surface area contributed by atoms with E-state index in [-0.39, 0.29) is 11.3 Å². The Bertz CT molecular complexity index is 220. The molecule has 0 radical (unpaired) electrons. The van der Waals surface area contributed by atoms with Crippen molar-refractivity contribution in [2.24, 2.45) is 11.8 Å². The van der Waals surface area contributed by atoms with Crippen molar-refractivity contribution in [3.63, 3.8) is 0 Å². The number of amides is 1. The summed E-state index contributed by atoms with van der Waals surface area (Å²) in [5.74, 6) is 0.916. The summed E-state index contributed by atoms with van der Waals surface area (Å²) in [5.41, 5.74) is 0. The minimum atomic E-state index is 0.175. The fourth-order valence-electron chi connectivity index (χ4n) is 2.19. The zero-order valence-electron chi connectivity index (χ0n) is 10.0. The Kier molecular flexibility index (Phi) is 4.91. The van der Waals surface area contributed by atoms with Gasteiger partial charge in [-0.2, -0.15) is 0 Å². The van der Waals surface area contributed by atoms with Crippen molar-refractivity contribution in [2.45, 2.75) is 45.4 Å². The number of nitrogens with zero attached hydrogens (tertiary/aromatic N) is 1. The average molecular weight is 232 g/mol. The monoisotopic (exact) mass is 231 g/mol. The lowest BCUT2D eigenvalue weighted by atomic mass is 9.97. The summed E-state index contributed by atoms with van der Waals surface area (Å²) in [7, 11) is 0. The van der Waals surface area contributed by atoms with Gasteiger partial charge in [0.1, 0.15) is 0 Å². The highest BCUT2D eigenvalue weighted by Crippen LogP contribution is 2.23. The van der Waals surface area contributed by atoms with Crippen LogP contribution in [0.5, 0.6) is 0 Å². The van der Waals surface area contributed by atoms with Gasteiger partial charge in [0.15, 0.2) is 0 Å². The quantitative estimate of drug-likeness (QED) is 0.684. The lowest BCUT2D eigenvalue weighted by molar-refractivity contribution is -0.136. The van der Waals surface area contributed by atoms with Gasteiger partial charge in [0.05, 0.1) is 0 Å². The van der Waals surface area contributed by atoms with Crippen molar-refractivity contribution in [3.05, 3.63) is 0 Å². The standard InChI is InChI=1S/C12H22ClNO/c1-4-5-9(2)12(15)14-7-6-11(13)10(3)8-14/h9-11H,4-8H2,1-3H3. The van der Waals surface area contributed by atoms with E-state index in [2.05, 4.69) is 13.8 Å². The van der Waals surface area contributed by atoms with Crippen molar-refractivity contribution in [1.29, 1.82) is 0 Å². The maximum atomic E-state index is 12.0. The first-order valence-corrected chi connectivity index (χ1v) is 6.42. The van der Waals surface area contributed by atoms with Gasteiger partial charge < -0.3 is 4.90 Å². The van der Waals surface area contributed by atoms with E-state index in [1.807, 2.05) is 11.8 Å². The topological polar surface area (TPSA) is 20.3 Å². The summed E-state index contributed by atoms with van der Waals surface area (Å²) in [4.78, 5) is 14.0. The minimum Gasteiger partial charge on any atom is -0.342 e. The molecule has 1 amide bonds. The molecule has 0 spiro atoms. The third-order valence-corrected chi connectivity index (χ3v) is 3.90. The molecule has 1 heterocycles. The highest BCUT2D eigenvalue weighted by atomic mass is 35.5. The van der Waals surface area contributed by atoms with Gasteiger partial charge in [0, 0.05) is 24.4 Å². The van der Waals surface area contributed by atoms with Crippen LogP contribution in [0.1, 0.15) is 40.0 Å². The molecule has 3 atom stereocenters. The van der Waals surface area contributed by atoms with Crippen LogP contribution in [0.3, 0.4) is 0 Å². The van der Waals surface area contributed by atoms with Crippen LogP contribution in [-0.4, -0.2) is 29.3 Å². The lowest BCUT2D eigenvalue weighted by Gasteiger charge is -2.35. The maximum Gasteiger partial charge on any atom is 0.225 e. The molecule has 1 aliphatic heterocycles. The highest BCUT2D eigenvalue weighted by molar-refractivity contribution is 6.20. The van der Waals surface area contributed by atoms with Crippen LogP contribution in [0.25, 0.3) is 0 Å². The zero-order chi connectivity index (χ0) is 11.4. The Balaban J connectivity index is 2.47. The molecule has 1 aliphatic rings. The fraction of sp³-hybridized carbons (Fsp3) is 0.917. The SMILES string of the molecule is CCCC(C)C(=O)N1CCC(Cl)C(C)C1. The molecule has 0 aromatic rings. The predicted molar refractivity (Wildman–Crippen MR) is 64.1 cm³/mol. The van der Waals surface area contributed by atoms with Gasteiger partial charge in [-0.1, -0.05) is 27.2 Å². The van der Waals surface area contributed by atoms with Gasteiger partial charge in [-0.15, -0.1) is 11.6 Å². The Morgan fingerprint density at radius 1 is 1.60 bits per heavy atom. The summed E-state index contributed by atoms with van der Waals surface area (Å²) in [5, 5.41) is 0.246. The van der Waals surface area contributed by atoms with Gasteiger partial charge in [0.2, 0.25) is 5.91 Å². The molecule has 2 nitrogen and oxygen atoms in total. The van der Waals surface area contributed by atoms with Crippen molar-refractivity contribution in [1.82, 2.24) is 4.90 Å². The number of halogens is 1. The smallest absolute Gasteiger partial charge is 0.225 e. The van der Waals surface area contributed by atoms with Crippen molar-refractivity contribution < 1.29 is 4.79 Å². The van der Waals surface area contributed by atoms with E-state index in [1.165, 1.54) is 0 Å². The molecule has 15 heavy (non-hydrogen) atoms. The third kappa shape index (κ3) is 3.37. The molecule has 0 aromatic carbocycles. The van der Waals surface area contributed by atoms with Crippen molar-refractivity contribution in [2.75, 3.05) is 13.1 Å². The number of carbonyl (C=O) groups excluding carboxylic acids is 1. The molecule has 3 heteroatoms. The number of hydrogen-bond acceptors (Lipinski definition) is 1.